The molecule has 0 aromatic heterocycles. The Balaban J connectivity index is 0.00000256. The molecule has 2 aromatic carbocycles. The van der Waals surface area contributed by atoms with Crippen LogP contribution in [0.5, 0.6) is 5.75 Å². The van der Waals surface area contributed by atoms with Crippen molar-refractivity contribution in [3.8, 4) is 5.75 Å². The molecular formula is C21H21Cl2F3N2O2. The molecule has 30 heavy (non-hydrogen) atoms. The van der Waals surface area contributed by atoms with Gasteiger partial charge in [0.25, 0.3) is 5.91 Å². The first-order valence-corrected chi connectivity index (χ1v) is 9.67. The Morgan fingerprint density at radius 1 is 1.27 bits per heavy atom. The smallest absolute Gasteiger partial charge is 0.417 e. The van der Waals surface area contributed by atoms with Crippen molar-refractivity contribution in [3.05, 3.63) is 64.2 Å². The standard InChI is InChI=1S/C21H20ClF3N2O2.ClH/c1-29-14-5-2-4-13(8-14)18(20-9-12(10-20)11-26-20)27-19(28)15-6-3-7-16(17(15)22)21(23,24)25;/h2-8,12,18,26H,9-11H2,1H3,(H,27,28);1H. The van der Waals surface area contributed by atoms with Crippen molar-refractivity contribution in [2.45, 2.75) is 30.6 Å². The average Bonchev–Trinajstić information content (AvgIpc) is 3.27. The summed E-state index contributed by atoms with van der Waals surface area (Å²) in [4.78, 5) is 13.0. The van der Waals surface area contributed by atoms with Crippen LogP contribution in [0.4, 0.5) is 13.2 Å². The summed E-state index contributed by atoms with van der Waals surface area (Å²) in [5.41, 5.74) is -0.709. The van der Waals surface area contributed by atoms with Gasteiger partial charge in [0.05, 0.1) is 29.3 Å². The zero-order chi connectivity index (χ0) is 20.8. The molecule has 162 valence electrons. The molecule has 1 unspecified atom stereocenters. The summed E-state index contributed by atoms with van der Waals surface area (Å²) in [6.07, 6.45) is -2.84. The van der Waals surface area contributed by atoms with Gasteiger partial charge in [-0.3, -0.25) is 4.79 Å². The first kappa shape index (κ1) is 22.7. The number of ether oxygens (including phenoxy) is 1. The van der Waals surface area contributed by atoms with Gasteiger partial charge in [-0.2, -0.15) is 13.2 Å². The second kappa shape index (κ2) is 8.29. The molecule has 2 saturated heterocycles. The fraction of sp³-hybridized carbons (Fsp3) is 0.381. The first-order valence-electron chi connectivity index (χ1n) is 9.29. The van der Waals surface area contributed by atoms with E-state index in [1.807, 2.05) is 18.2 Å². The van der Waals surface area contributed by atoms with Crippen LogP contribution in [-0.2, 0) is 6.18 Å². The molecule has 2 aliphatic heterocycles. The number of alkyl halides is 3. The predicted molar refractivity (Wildman–Crippen MR) is 110 cm³/mol. The van der Waals surface area contributed by atoms with Gasteiger partial charge in [-0.05, 0) is 55.1 Å². The number of hydrogen-bond acceptors (Lipinski definition) is 3. The van der Waals surface area contributed by atoms with Crippen LogP contribution in [0, 0.1) is 5.92 Å². The van der Waals surface area contributed by atoms with E-state index in [0.29, 0.717) is 11.7 Å². The van der Waals surface area contributed by atoms with Crippen molar-refractivity contribution >= 4 is 29.9 Å². The summed E-state index contributed by atoms with van der Waals surface area (Å²) in [7, 11) is 1.56. The minimum atomic E-state index is -4.63. The molecule has 1 aliphatic carbocycles. The van der Waals surface area contributed by atoms with Crippen LogP contribution in [0.2, 0.25) is 5.02 Å². The Kier molecular flexibility index (Phi) is 6.28. The number of amides is 1. The van der Waals surface area contributed by atoms with Gasteiger partial charge >= 0.3 is 6.18 Å². The largest absolute Gasteiger partial charge is 0.497 e. The molecule has 2 aromatic rings. The van der Waals surface area contributed by atoms with Crippen molar-refractivity contribution in [3.63, 3.8) is 0 Å². The number of hydrogen-bond donors (Lipinski definition) is 2. The summed E-state index contributed by atoms with van der Waals surface area (Å²) in [6.45, 7) is 0.862. The van der Waals surface area contributed by atoms with Crippen LogP contribution in [0.15, 0.2) is 42.5 Å². The van der Waals surface area contributed by atoms with Crippen LogP contribution >= 0.6 is 24.0 Å². The summed E-state index contributed by atoms with van der Waals surface area (Å²) < 4.78 is 44.8. The van der Waals surface area contributed by atoms with E-state index in [-0.39, 0.29) is 23.5 Å². The van der Waals surface area contributed by atoms with Crippen LogP contribution < -0.4 is 15.4 Å². The zero-order valence-electron chi connectivity index (χ0n) is 16.1. The summed E-state index contributed by atoms with van der Waals surface area (Å²) in [5, 5.41) is 5.82. The molecule has 0 spiro atoms. The number of methoxy groups -OCH3 is 1. The molecule has 2 heterocycles. The fourth-order valence-electron chi connectivity index (χ4n) is 4.44. The Labute approximate surface area is 183 Å². The lowest BCUT2D eigenvalue weighted by Crippen LogP contribution is -2.54. The van der Waals surface area contributed by atoms with Gasteiger partial charge in [0.2, 0.25) is 0 Å². The predicted octanol–water partition coefficient (Wildman–Crippen LogP) is 5.01. The Morgan fingerprint density at radius 3 is 2.57 bits per heavy atom. The highest BCUT2D eigenvalue weighted by atomic mass is 35.5. The van der Waals surface area contributed by atoms with E-state index in [2.05, 4.69) is 10.6 Å². The first-order chi connectivity index (χ1) is 13.7. The highest BCUT2D eigenvalue weighted by Gasteiger charge is 2.55. The highest BCUT2D eigenvalue weighted by molar-refractivity contribution is 6.34. The van der Waals surface area contributed by atoms with Crippen molar-refractivity contribution in [1.29, 1.82) is 0 Å². The van der Waals surface area contributed by atoms with Crippen molar-refractivity contribution < 1.29 is 22.7 Å². The number of halogens is 5. The lowest BCUT2D eigenvalue weighted by Gasteiger charge is -2.44. The SMILES string of the molecule is COc1cccc(C(NC(=O)c2cccc(C(F)(F)F)c2Cl)C23CC(CN2)C3)c1.Cl. The topological polar surface area (TPSA) is 50.4 Å². The van der Waals surface area contributed by atoms with E-state index in [0.717, 1.165) is 31.0 Å². The van der Waals surface area contributed by atoms with E-state index in [1.165, 1.54) is 12.1 Å². The molecule has 9 heteroatoms. The van der Waals surface area contributed by atoms with Crippen LogP contribution in [0.3, 0.4) is 0 Å². The van der Waals surface area contributed by atoms with Crippen LogP contribution in [-0.4, -0.2) is 25.1 Å². The molecule has 3 aliphatic rings. The molecule has 0 radical (unpaired) electrons. The lowest BCUT2D eigenvalue weighted by atomic mass is 9.67. The molecule has 4 nitrogen and oxygen atoms in total. The molecule has 2 bridgehead atoms. The maximum atomic E-state index is 13.2. The van der Waals surface area contributed by atoms with Gasteiger partial charge in [0.1, 0.15) is 5.75 Å². The third-order valence-electron chi connectivity index (χ3n) is 5.85. The third-order valence-corrected chi connectivity index (χ3v) is 6.26. The monoisotopic (exact) mass is 460 g/mol. The van der Waals surface area contributed by atoms with Gasteiger partial charge in [0.15, 0.2) is 0 Å². The van der Waals surface area contributed by atoms with E-state index in [4.69, 9.17) is 16.3 Å². The molecular weight excluding hydrogens is 440 g/mol. The quantitative estimate of drug-likeness (QED) is 0.658. The normalized spacial score (nSPS) is 23.2. The molecule has 1 amide bonds. The maximum Gasteiger partial charge on any atom is 0.417 e. The van der Waals surface area contributed by atoms with Crippen LogP contribution in [0.1, 0.15) is 40.4 Å². The minimum Gasteiger partial charge on any atom is -0.497 e. The number of nitrogens with one attached hydrogen (secondary N) is 2. The molecule has 3 fully saturated rings. The third kappa shape index (κ3) is 3.98. The van der Waals surface area contributed by atoms with E-state index >= 15 is 0 Å². The average molecular weight is 461 g/mol. The number of carbonyl (C=O) groups is 1. The van der Waals surface area contributed by atoms with Gasteiger partial charge in [-0.25, -0.2) is 0 Å². The number of benzene rings is 2. The second-order valence-corrected chi connectivity index (χ2v) is 8.04. The summed E-state index contributed by atoms with van der Waals surface area (Å²) in [6, 6.07) is 10.3. The minimum absolute atomic E-state index is 0. The van der Waals surface area contributed by atoms with E-state index in [1.54, 1.807) is 13.2 Å². The maximum absolute atomic E-state index is 13.2. The number of carbonyl (C=O) groups excluding carboxylic acids is 1. The van der Waals surface area contributed by atoms with Gasteiger partial charge in [-0.15, -0.1) is 12.4 Å². The van der Waals surface area contributed by atoms with Crippen molar-refractivity contribution in [2.75, 3.05) is 13.7 Å². The Morgan fingerprint density at radius 2 is 1.97 bits per heavy atom. The second-order valence-electron chi connectivity index (χ2n) is 7.66. The van der Waals surface area contributed by atoms with E-state index in [9.17, 15) is 18.0 Å². The Hall–Kier alpha value is -1.96. The summed E-state index contributed by atoms with van der Waals surface area (Å²) >= 11 is 5.95. The van der Waals surface area contributed by atoms with Gasteiger partial charge < -0.3 is 15.4 Å². The van der Waals surface area contributed by atoms with Gasteiger partial charge in [-0.1, -0.05) is 29.8 Å². The molecule has 1 saturated carbocycles. The Bertz CT molecular complexity index is 941. The molecule has 1 atom stereocenters. The van der Waals surface area contributed by atoms with E-state index < -0.39 is 28.7 Å². The van der Waals surface area contributed by atoms with Gasteiger partial charge in [0, 0.05) is 5.54 Å². The molecule has 5 rings (SSSR count). The van der Waals surface area contributed by atoms with Crippen LogP contribution in [0.25, 0.3) is 0 Å². The fourth-order valence-corrected chi connectivity index (χ4v) is 4.76. The number of rotatable bonds is 5. The number of fused-ring (bicyclic) bond motifs is 1. The zero-order valence-corrected chi connectivity index (χ0v) is 17.6. The lowest BCUT2D eigenvalue weighted by molar-refractivity contribution is -0.137. The summed E-state index contributed by atoms with van der Waals surface area (Å²) in [5.74, 6) is 0.557. The highest BCUT2D eigenvalue weighted by Crippen LogP contribution is 2.51. The van der Waals surface area contributed by atoms with Crippen molar-refractivity contribution in [1.82, 2.24) is 10.6 Å². The van der Waals surface area contributed by atoms with Crippen molar-refractivity contribution in [2.24, 2.45) is 5.92 Å². The molecule has 2 N–H and O–H groups in total.